The summed E-state index contributed by atoms with van der Waals surface area (Å²) in [6.45, 7) is -0.307. The van der Waals surface area contributed by atoms with Crippen molar-refractivity contribution in [1.29, 1.82) is 0 Å². The summed E-state index contributed by atoms with van der Waals surface area (Å²) in [7, 11) is 1.40. The van der Waals surface area contributed by atoms with Gasteiger partial charge in [0.1, 0.15) is 0 Å². The van der Waals surface area contributed by atoms with Gasteiger partial charge in [-0.1, -0.05) is 0 Å². The molecule has 0 aromatic heterocycles. The highest BCUT2D eigenvalue weighted by Gasteiger charge is 2.08. The molecule has 12 heavy (non-hydrogen) atoms. The van der Waals surface area contributed by atoms with Crippen LogP contribution in [0, 0.1) is 9.39 Å². The van der Waals surface area contributed by atoms with E-state index in [1.807, 2.05) is 22.6 Å². The van der Waals surface area contributed by atoms with Gasteiger partial charge in [0.15, 0.2) is 11.6 Å². The zero-order chi connectivity index (χ0) is 9.14. The summed E-state index contributed by atoms with van der Waals surface area (Å²) in [4.78, 5) is 0. The number of halogens is 2. The van der Waals surface area contributed by atoms with E-state index in [0.29, 0.717) is 0 Å². The zero-order valence-electron chi connectivity index (χ0n) is 6.47. The first-order chi connectivity index (χ1) is 5.69. The number of benzene rings is 1. The third-order valence-electron chi connectivity index (χ3n) is 1.47. The molecule has 1 aromatic rings. The van der Waals surface area contributed by atoms with E-state index in [-0.39, 0.29) is 17.9 Å². The van der Waals surface area contributed by atoms with Crippen molar-refractivity contribution in [2.45, 2.75) is 6.61 Å². The van der Waals surface area contributed by atoms with Gasteiger partial charge in [-0.15, -0.1) is 0 Å². The van der Waals surface area contributed by atoms with E-state index in [9.17, 15) is 4.39 Å². The molecule has 0 saturated heterocycles. The van der Waals surface area contributed by atoms with Crippen molar-refractivity contribution in [3.63, 3.8) is 0 Å². The second kappa shape index (κ2) is 4.04. The molecule has 0 saturated carbocycles. The lowest BCUT2D eigenvalue weighted by Gasteiger charge is -2.05. The van der Waals surface area contributed by atoms with Gasteiger partial charge in [0, 0.05) is 9.13 Å². The van der Waals surface area contributed by atoms with E-state index in [1.165, 1.54) is 7.11 Å². The topological polar surface area (TPSA) is 29.5 Å². The van der Waals surface area contributed by atoms with E-state index in [4.69, 9.17) is 9.84 Å². The van der Waals surface area contributed by atoms with Gasteiger partial charge in [-0.2, -0.15) is 0 Å². The first-order valence-corrected chi connectivity index (χ1v) is 4.39. The van der Waals surface area contributed by atoms with Crippen molar-refractivity contribution in [2.24, 2.45) is 0 Å². The maximum Gasteiger partial charge on any atom is 0.170 e. The van der Waals surface area contributed by atoms with Crippen molar-refractivity contribution in [3.05, 3.63) is 27.1 Å². The highest BCUT2D eigenvalue weighted by atomic mass is 127. The van der Waals surface area contributed by atoms with Crippen LogP contribution >= 0.6 is 22.6 Å². The van der Waals surface area contributed by atoms with Gasteiger partial charge in [-0.05, 0) is 34.7 Å². The summed E-state index contributed by atoms with van der Waals surface area (Å²) < 4.78 is 18.8. The van der Waals surface area contributed by atoms with Gasteiger partial charge in [0.2, 0.25) is 0 Å². The van der Waals surface area contributed by atoms with E-state index in [1.54, 1.807) is 12.1 Å². The quantitative estimate of drug-likeness (QED) is 0.840. The number of hydrogen-bond donors (Lipinski definition) is 1. The van der Waals surface area contributed by atoms with Crippen molar-refractivity contribution < 1.29 is 14.2 Å². The fourth-order valence-electron chi connectivity index (χ4n) is 0.882. The third-order valence-corrected chi connectivity index (χ3v) is 2.09. The molecular weight excluding hydrogens is 274 g/mol. The standard InChI is InChI=1S/C8H8FIO2/c1-12-7-3-6(10)2-5(4-11)8(7)9/h2-3,11H,4H2,1H3. The first kappa shape index (κ1) is 9.73. The molecule has 1 rings (SSSR count). The summed E-state index contributed by atoms with van der Waals surface area (Å²) in [6, 6.07) is 3.16. The highest BCUT2D eigenvalue weighted by Crippen LogP contribution is 2.23. The minimum atomic E-state index is -0.486. The molecule has 0 bridgehead atoms. The molecule has 0 amide bonds. The molecule has 2 nitrogen and oxygen atoms in total. The summed E-state index contributed by atoms with van der Waals surface area (Å²) in [5.74, 6) is -0.314. The molecule has 66 valence electrons. The van der Waals surface area contributed by atoms with Crippen LogP contribution in [0.2, 0.25) is 0 Å². The average Bonchev–Trinajstić information content (AvgIpc) is 2.08. The fourth-order valence-corrected chi connectivity index (χ4v) is 1.54. The number of aliphatic hydroxyl groups is 1. The Morgan fingerprint density at radius 2 is 2.25 bits per heavy atom. The van der Waals surface area contributed by atoms with Gasteiger partial charge in [0.25, 0.3) is 0 Å². The van der Waals surface area contributed by atoms with Crippen molar-refractivity contribution in [2.75, 3.05) is 7.11 Å². The van der Waals surface area contributed by atoms with Gasteiger partial charge in [0.05, 0.1) is 13.7 Å². The summed E-state index contributed by atoms with van der Waals surface area (Å²) in [5, 5.41) is 8.76. The number of aliphatic hydroxyl groups excluding tert-OH is 1. The van der Waals surface area contributed by atoms with Crippen LogP contribution in [0.15, 0.2) is 12.1 Å². The highest BCUT2D eigenvalue weighted by molar-refractivity contribution is 14.1. The van der Waals surface area contributed by atoms with Crippen LogP contribution in [0.4, 0.5) is 4.39 Å². The van der Waals surface area contributed by atoms with Crippen molar-refractivity contribution >= 4 is 22.6 Å². The van der Waals surface area contributed by atoms with Crippen LogP contribution in [-0.4, -0.2) is 12.2 Å². The van der Waals surface area contributed by atoms with E-state index in [2.05, 4.69) is 0 Å². The summed E-state index contributed by atoms with van der Waals surface area (Å²) >= 11 is 2.04. The monoisotopic (exact) mass is 282 g/mol. The molecule has 0 heterocycles. The maximum atomic E-state index is 13.2. The molecule has 0 atom stereocenters. The Balaban J connectivity index is 3.22. The lowest BCUT2D eigenvalue weighted by molar-refractivity contribution is 0.272. The first-order valence-electron chi connectivity index (χ1n) is 3.31. The number of methoxy groups -OCH3 is 1. The maximum absolute atomic E-state index is 13.2. The second-order valence-corrected chi connectivity index (χ2v) is 3.48. The van der Waals surface area contributed by atoms with Crippen LogP contribution < -0.4 is 4.74 Å². The lowest BCUT2D eigenvalue weighted by Crippen LogP contribution is -1.95. The number of rotatable bonds is 2. The Bertz CT molecular complexity index is 263. The fraction of sp³-hybridized carbons (Fsp3) is 0.250. The molecule has 0 aliphatic carbocycles. The largest absolute Gasteiger partial charge is 0.494 e. The normalized spacial score (nSPS) is 10.0. The predicted molar refractivity (Wildman–Crippen MR) is 51.6 cm³/mol. The van der Waals surface area contributed by atoms with Crippen LogP contribution in [0.1, 0.15) is 5.56 Å². The minimum absolute atomic E-state index is 0.172. The predicted octanol–water partition coefficient (Wildman–Crippen LogP) is 1.93. The van der Waals surface area contributed by atoms with Crippen molar-refractivity contribution in [3.8, 4) is 5.75 Å². The molecule has 1 N–H and O–H groups in total. The second-order valence-electron chi connectivity index (χ2n) is 2.24. The SMILES string of the molecule is COc1cc(I)cc(CO)c1F. The Labute approximate surface area is 83.5 Å². The summed E-state index contributed by atoms with van der Waals surface area (Å²) in [6.07, 6.45) is 0. The van der Waals surface area contributed by atoms with E-state index < -0.39 is 5.82 Å². The molecule has 0 aliphatic rings. The Morgan fingerprint density at radius 1 is 1.58 bits per heavy atom. The lowest BCUT2D eigenvalue weighted by atomic mass is 10.2. The molecule has 0 unspecified atom stereocenters. The Morgan fingerprint density at radius 3 is 2.75 bits per heavy atom. The summed E-state index contributed by atoms with van der Waals surface area (Å²) in [5.41, 5.74) is 0.263. The van der Waals surface area contributed by atoms with Gasteiger partial charge < -0.3 is 9.84 Å². The minimum Gasteiger partial charge on any atom is -0.494 e. The third kappa shape index (κ3) is 1.87. The average molecular weight is 282 g/mol. The zero-order valence-corrected chi connectivity index (χ0v) is 8.63. The Hall–Kier alpha value is -0.360. The number of ether oxygens (including phenoxy) is 1. The van der Waals surface area contributed by atoms with Crippen molar-refractivity contribution in [1.82, 2.24) is 0 Å². The molecule has 0 radical (unpaired) electrons. The molecule has 1 aromatic carbocycles. The van der Waals surface area contributed by atoms with Crippen LogP contribution in [0.25, 0.3) is 0 Å². The molecule has 0 aliphatic heterocycles. The molecular formula is C8H8FIO2. The molecule has 4 heteroatoms. The number of hydrogen-bond acceptors (Lipinski definition) is 2. The molecule has 0 spiro atoms. The Kier molecular flexibility index (Phi) is 3.28. The van der Waals surface area contributed by atoms with E-state index in [0.717, 1.165) is 3.57 Å². The van der Waals surface area contributed by atoms with Gasteiger partial charge >= 0.3 is 0 Å². The van der Waals surface area contributed by atoms with Crippen LogP contribution in [0.3, 0.4) is 0 Å². The van der Waals surface area contributed by atoms with Gasteiger partial charge in [-0.3, -0.25) is 0 Å². The van der Waals surface area contributed by atoms with Crippen LogP contribution in [0.5, 0.6) is 5.75 Å². The van der Waals surface area contributed by atoms with Gasteiger partial charge in [-0.25, -0.2) is 4.39 Å². The van der Waals surface area contributed by atoms with E-state index >= 15 is 0 Å². The smallest absolute Gasteiger partial charge is 0.170 e. The molecule has 0 fully saturated rings. The van der Waals surface area contributed by atoms with Crippen LogP contribution in [-0.2, 0) is 6.61 Å².